The monoisotopic (exact) mass is 412 g/mol. The maximum Gasteiger partial charge on any atom is 0.306 e. The molecule has 3 atom stereocenters. The summed E-state index contributed by atoms with van der Waals surface area (Å²) in [7, 11) is 1.67. The van der Waals surface area contributed by atoms with E-state index in [1.54, 1.807) is 7.11 Å². The van der Waals surface area contributed by atoms with E-state index in [0.717, 1.165) is 40.9 Å². The molecule has 0 bridgehead atoms. The highest BCUT2D eigenvalue weighted by Gasteiger charge is 2.46. The van der Waals surface area contributed by atoms with Gasteiger partial charge in [0, 0.05) is 5.39 Å². The van der Waals surface area contributed by atoms with Gasteiger partial charge in [-0.3, -0.25) is 15.1 Å². The summed E-state index contributed by atoms with van der Waals surface area (Å²) in [5.41, 5.74) is 12.7. The SMILES string of the molecule is COc1cccc2cc(C3=NC(C4CCC(C(=O)O)CC4)N4NCNC(N)C34)[nH]c12. The van der Waals surface area contributed by atoms with E-state index >= 15 is 0 Å². The van der Waals surface area contributed by atoms with Crippen LogP contribution in [0.2, 0.25) is 0 Å². The smallest absolute Gasteiger partial charge is 0.306 e. The molecule has 0 amide bonds. The van der Waals surface area contributed by atoms with E-state index in [1.807, 2.05) is 18.2 Å². The van der Waals surface area contributed by atoms with Crippen molar-refractivity contribution in [2.75, 3.05) is 13.8 Å². The lowest BCUT2D eigenvalue weighted by molar-refractivity contribution is -0.143. The third kappa shape index (κ3) is 3.18. The topological polar surface area (TPSA) is 128 Å². The highest BCUT2D eigenvalue weighted by molar-refractivity contribution is 6.08. The molecular weight excluding hydrogens is 384 g/mol. The fraction of sp³-hybridized carbons (Fsp3) is 0.524. The first kappa shape index (κ1) is 19.5. The van der Waals surface area contributed by atoms with E-state index in [2.05, 4.69) is 26.8 Å². The molecular formula is C21H28N6O3. The molecule has 3 heterocycles. The second-order valence-corrected chi connectivity index (χ2v) is 8.40. The molecule has 160 valence electrons. The number of hydrogen-bond donors (Lipinski definition) is 5. The average molecular weight is 412 g/mol. The van der Waals surface area contributed by atoms with Crippen molar-refractivity contribution in [1.82, 2.24) is 20.7 Å². The van der Waals surface area contributed by atoms with E-state index in [-0.39, 0.29) is 24.3 Å². The van der Waals surface area contributed by atoms with Gasteiger partial charge in [-0.15, -0.1) is 0 Å². The Morgan fingerprint density at radius 2 is 2.10 bits per heavy atom. The number of fused-ring (bicyclic) bond motifs is 2. The zero-order valence-corrected chi connectivity index (χ0v) is 17.0. The van der Waals surface area contributed by atoms with Crippen LogP contribution in [0.3, 0.4) is 0 Å². The molecule has 0 radical (unpaired) electrons. The number of ether oxygens (including phenoxy) is 1. The van der Waals surface area contributed by atoms with Gasteiger partial charge in [0.05, 0.1) is 48.8 Å². The van der Waals surface area contributed by atoms with Crippen LogP contribution in [-0.2, 0) is 4.79 Å². The number of nitrogens with one attached hydrogen (secondary N) is 3. The van der Waals surface area contributed by atoms with Crippen LogP contribution >= 0.6 is 0 Å². The summed E-state index contributed by atoms with van der Waals surface area (Å²) < 4.78 is 5.50. The van der Waals surface area contributed by atoms with Crippen molar-refractivity contribution in [3.05, 3.63) is 30.0 Å². The number of carboxylic acids is 1. The maximum atomic E-state index is 11.3. The van der Waals surface area contributed by atoms with Crippen LogP contribution in [0.1, 0.15) is 31.4 Å². The normalized spacial score (nSPS) is 32.1. The number of para-hydroxylation sites is 1. The molecule has 3 unspecified atom stereocenters. The summed E-state index contributed by atoms with van der Waals surface area (Å²) in [5, 5.41) is 15.8. The first-order chi connectivity index (χ1) is 14.6. The van der Waals surface area contributed by atoms with Gasteiger partial charge in [0.2, 0.25) is 0 Å². The molecule has 5 rings (SSSR count). The summed E-state index contributed by atoms with van der Waals surface area (Å²) in [6, 6.07) is 7.94. The molecule has 9 heteroatoms. The largest absolute Gasteiger partial charge is 0.495 e. The number of aromatic amines is 1. The Balaban J connectivity index is 1.49. The first-order valence-corrected chi connectivity index (χ1v) is 10.5. The lowest BCUT2D eigenvalue weighted by Crippen LogP contribution is -2.69. The van der Waals surface area contributed by atoms with Crippen molar-refractivity contribution >= 4 is 22.6 Å². The Labute approximate surface area is 174 Å². The molecule has 1 aliphatic carbocycles. The summed E-state index contributed by atoms with van der Waals surface area (Å²) in [6.07, 6.45) is 2.81. The number of rotatable bonds is 4. The molecule has 3 aliphatic rings. The van der Waals surface area contributed by atoms with Crippen LogP contribution in [0, 0.1) is 11.8 Å². The molecule has 30 heavy (non-hydrogen) atoms. The van der Waals surface area contributed by atoms with Crippen LogP contribution in [0.4, 0.5) is 0 Å². The number of hydrogen-bond acceptors (Lipinski definition) is 7. The van der Waals surface area contributed by atoms with Crippen LogP contribution in [-0.4, -0.2) is 58.9 Å². The molecule has 1 saturated carbocycles. The molecule has 1 saturated heterocycles. The predicted octanol–water partition coefficient (Wildman–Crippen LogP) is 1.22. The number of benzene rings is 1. The van der Waals surface area contributed by atoms with E-state index in [4.69, 9.17) is 15.5 Å². The molecule has 6 N–H and O–H groups in total. The lowest BCUT2D eigenvalue weighted by atomic mass is 9.80. The van der Waals surface area contributed by atoms with Crippen molar-refractivity contribution in [3.63, 3.8) is 0 Å². The first-order valence-electron chi connectivity index (χ1n) is 10.5. The van der Waals surface area contributed by atoms with E-state index in [0.29, 0.717) is 25.4 Å². The second kappa shape index (κ2) is 7.66. The Morgan fingerprint density at radius 3 is 2.83 bits per heavy atom. The maximum absolute atomic E-state index is 11.3. The minimum Gasteiger partial charge on any atom is -0.495 e. The number of hydrazine groups is 1. The minimum atomic E-state index is -0.684. The van der Waals surface area contributed by atoms with E-state index < -0.39 is 5.97 Å². The molecule has 9 nitrogen and oxygen atoms in total. The van der Waals surface area contributed by atoms with E-state index in [9.17, 15) is 9.90 Å². The quantitative estimate of drug-likeness (QED) is 0.511. The number of carbonyl (C=O) groups is 1. The third-order valence-electron chi connectivity index (χ3n) is 6.73. The van der Waals surface area contributed by atoms with Gasteiger partial charge in [0.1, 0.15) is 11.9 Å². The van der Waals surface area contributed by atoms with Gasteiger partial charge in [0.25, 0.3) is 0 Å². The summed E-state index contributed by atoms with van der Waals surface area (Å²) in [4.78, 5) is 20.0. The number of aromatic nitrogens is 1. The predicted molar refractivity (Wildman–Crippen MR) is 113 cm³/mol. The Morgan fingerprint density at radius 1 is 1.30 bits per heavy atom. The van der Waals surface area contributed by atoms with Gasteiger partial charge in [0.15, 0.2) is 0 Å². The van der Waals surface area contributed by atoms with Crippen LogP contribution in [0.5, 0.6) is 5.75 Å². The van der Waals surface area contributed by atoms with Crippen molar-refractivity contribution in [2.24, 2.45) is 22.6 Å². The van der Waals surface area contributed by atoms with Gasteiger partial charge < -0.3 is 20.6 Å². The minimum absolute atomic E-state index is 0.0544. The number of aliphatic imine (C=N–C) groups is 1. The number of aliphatic carboxylic acids is 1. The van der Waals surface area contributed by atoms with Crippen LogP contribution in [0.25, 0.3) is 10.9 Å². The van der Waals surface area contributed by atoms with Gasteiger partial charge in [-0.25, -0.2) is 10.4 Å². The Kier molecular flexibility index (Phi) is 4.98. The molecule has 0 spiro atoms. The van der Waals surface area contributed by atoms with Gasteiger partial charge in [-0.2, -0.15) is 0 Å². The van der Waals surface area contributed by atoms with Crippen molar-refractivity contribution in [1.29, 1.82) is 0 Å². The fourth-order valence-corrected chi connectivity index (χ4v) is 5.14. The standard InChI is InChI=1S/C21H28N6O3/c1-30-15-4-2-3-13-9-14(25-16(13)15)17-18-19(22)23-10-24-27(18)20(26-17)11-5-7-12(8-6-11)21(28)29/h2-4,9,11-12,18-20,23-25H,5-8,10,22H2,1H3,(H,28,29). The molecule has 1 aromatic heterocycles. The fourth-order valence-electron chi connectivity index (χ4n) is 5.14. The van der Waals surface area contributed by atoms with Crippen LogP contribution in [0.15, 0.2) is 29.3 Å². The number of methoxy groups -OCH3 is 1. The van der Waals surface area contributed by atoms with Gasteiger partial charge >= 0.3 is 5.97 Å². The summed E-state index contributed by atoms with van der Waals surface area (Å²) in [5.74, 6) is 0.178. The number of nitrogens with zero attached hydrogens (tertiary/aromatic N) is 2. The van der Waals surface area contributed by atoms with Crippen molar-refractivity contribution in [3.8, 4) is 5.75 Å². The molecule has 2 aromatic rings. The second-order valence-electron chi connectivity index (χ2n) is 8.40. The number of nitrogens with two attached hydrogens (primary N) is 1. The molecule has 2 aliphatic heterocycles. The van der Waals surface area contributed by atoms with Crippen molar-refractivity contribution in [2.45, 2.75) is 44.1 Å². The van der Waals surface area contributed by atoms with E-state index in [1.165, 1.54) is 0 Å². The number of H-pyrrole nitrogens is 1. The third-order valence-corrected chi connectivity index (χ3v) is 6.73. The lowest BCUT2D eigenvalue weighted by Gasteiger charge is -2.41. The zero-order chi connectivity index (χ0) is 20.8. The highest BCUT2D eigenvalue weighted by atomic mass is 16.5. The average Bonchev–Trinajstić information content (AvgIpc) is 3.36. The van der Waals surface area contributed by atoms with Crippen molar-refractivity contribution < 1.29 is 14.6 Å². The van der Waals surface area contributed by atoms with Gasteiger partial charge in [-0.05, 0) is 43.7 Å². The summed E-state index contributed by atoms with van der Waals surface area (Å²) >= 11 is 0. The zero-order valence-electron chi connectivity index (χ0n) is 17.0. The summed E-state index contributed by atoms with van der Waals surface area (Å²) in [6.45, 7) is 0.585. The van der Waals surface area contributed by atoms with Gasteiger partial charge in [-0.1, -0.05) is 12.1 Å². The Bertz CT molecular complexity index is 980. The molecule has 2 fully saturated rings. The highest BCUT2D eigenvalue weighted by Crippen LogP contribution is 2.37. The Hall–Kier alpha value is -2.46. The number of carboxylic acid groups (broad SMARTS) is 1. The van der Waals surface area contributed by atoms with Crippen LogP contribution < -0.4 is 21.2 Å². The molecule has 1 aromatic carbocycles.